The van der Waals surface area contributed by atoms with Gasteiger partial charge in [0, 0.05) is 26.1 Å². The van der Waals surface area contributed by atoms with Crippen LogP contribution >= 0.6 is 0 Å². The molecule has 0 amide bonds. The Balaban J connectivity index is 1.93. The summed E-state index contributed by atoms with van der Waals surface area (Å²) >= 11 is 0. The second-order valence-corrected chi connectivity index (χ2v) is 5.48. The highest BCUT2D eigenvalue weighted by atomic mass is 16.5. The minimum atomic E-state index is -0.0910. The molecule has 1 aromatic rings. The molecule has 1 heterocycles. The van der Waals surface area contributed by atoms with Gasteiger partial charge in [0.2, 0.25) is 0 Å². The number of rotatable bonds is 7. The average Bonchev–Trinajstić information content (AvgIpc) is 2.49. The molecule has 1 saturated heterocycles. The topological polar surface area (TPSA) is 38.8 Å². The van der Waals surface area contributed by atoms with Crippen LogP contribution in [0.5, 0.6) is 0 Å². The average molecular weight is 291 g/mol. The lowest BCUT2D eigenvalue weighted by molar-refractivity contribution is -0.144. The molecule has 4 heteroatoms. The summed E-state index contributed by atoms with van der Waals surface area (Å²) in [5, 5.41) is 0. The molecule has 1 unspecified atom stereocenters. The van der Waals surface area contributed by atoms with Crippen molar-refractivity contribution in [3.8, 4) is 0 Å². The first-order chi connectivity index (χ1) is 10.3. The molecule has 1 aliphatic rings. The molecule has 2 rings (SSSR count). The van der Waals surface area contributed by atoms with Crippen molar-refractivity contribution in [2.45, 2.75) is 19.8 Å². The molecular weight excluding hydrogens is 266 g/mol. The van der Waals surface area contributed by atoms with Gasteiger partial charge >= 0.3 is 5.97 Å². The fourth-order valence-electron chi connectivity index (χ4n) is 2.75. The number of esters is 1. The lowest BCUT2D eigenvalue weighted by atomic mass is 9.95. The third-order valence-corrected chi connectivity index (χ3v) is 3.75. The summed E-state index contributed by atoms with van der Waals surface area (Å²) in [5.41, 5.74) is 1.28. The molecule has 1 aliphatic heterocycles. The van der Waals surface area contributed by atoms with Gasteiger partial charge in [-0.2, -0.15) is 0 Å². The Morgan fingerprint density at radius 3 is 2.67 bits per heavy atom. The van der Waals surface area contributed by atoms with Gasteiger partial charge in [0.1, 0.15) is 0 Å². The molecule has 1 fully saturated rings. The highest BCUT2D eigenvalue weighted by molar-refractivity contribution is 5.69. The molecular formula is C17H25NO3. The number of hydrogen-bond donors (Lipinski definition) is 0. The minimum absolute atomic E-state index is 0.0910. The van der Waals surface area contributed by atoms with Crippen LogP contribution in [0.1, 0.15) is 18.9 Å². The van der Waals surface area contributed by atoms with Gasteiger partial charge in [0.25, 0.3) is 0 Å². The van der Waals surface area contributed by atoms with Crippen LogP contribution in [0.15, 0.2) is 30.3 Å². The van der Waals surface area contributed by atoms with E-state index in [1.807, 2.05) is 25.1 Å². The van der Waals surface area contributed by atoms with Gasteiger partial charge in [-0.05, 0) is 24.8 Å². The maximum atomic E-state index is 11.8. The molecule has 0 bridgehead atoms. The van der Waals surface area contributed by atoms with Gasteiger partial charge in [0.05, 0.1) is 19.8 Å². The third kappa shape index (κ3) is 5.86. The zero-order chi connectivity index (χ0) is 14.9. The Kier molecular flexibility index (Phi) is 6.70. The van der Waals surface area contributed by atoms with E-state index in [1.165, 1.54) is 5.56 Å². The van der Waals surface area contributed by atoms with Gasteiger partial charge in [-0.15, -0.1) is 0 Å². The fourth-order valence-corrected chi connectivity index (χ4v) is 2.75. The van der Waals surface area contributed by atoms with Crippen molar-refractivity contribution in [1.29, 1.82) is 0 Å². The van der Waals surface area contributed by atoms with Gasteiger partial charge in [0.15, 0.2) is 0 Å². The highest BCUT2D eigenvalue weighted by Crippen LogP contribution is 2.16. The van der Waals surface area contributed by atoms with E-state index < -0.39 is 0 Å². The van der Waals surface area contributed by atoms with Crippen molar-refractivity contribution < 1.29 is 14.3 Å². The SMILES string of the molecule is CCOC(=O)CC(Cc1ccccc1)CN1CCOCC1. The maximum absolute atomic E-state index is 11.8. The van der Waals surface area contributed by atoms with Crippen LogP contribution in [0, 0.1) is 5.92 Å². The Morgan fingerprint density at radius 2 is 2.00 bits per heavy atom. The summed E-state index contributed by atoms with van der Waals surface area (Å²) in [7, 11) is 0. The van der Waals surface area contributed by atoms with Gasteiger partial charge in [-0.3, -0.25) is 9.69 Å². The predicted octanol–water partition coefficient (Wildman–Crippen LogP) is 2.13. The molecule has 4 nitrogen and oxygen atoms in total. The van der Waals surface area contributed by atoms with Gasteiger partial charge in [-0.1, -0.05) is 30.3 Å². The van der Waals surface area contributed by atoms with Crippen LogP contribution in [0.25, 0.3) is 0 Å². The molecule has 0 aliphatic carbocycles. The maximum Gasteiger partial charge on any atom is 0.306 e. The Bertz CT molecular complexity index is 415. The van der Waals surface area contributed by atoms with E-state index in [4.69, 9.17) is 9.47 Å². The third-order valence-electron chi connectivity index (χ3n) is 3.75. The molecule has 1 atom stereocenters. The number of morpholine rings is 1. The van der Waals surface area contributed by atoms with Crippen molar-refractivity contribution in [2.75, 3.05) is 39.5 Å². The van der Waals surface area contributed by atoms with E-state index in [9.17, 15) is 4.79 Å². The number of carbonyl (C=O) groups excluding carboxylic acids is 1. The normalized spacial score (nSPS) is 17.4. The van der Waals surface area contributed by atoms with Crippen molar-refractivity contribution in [1.82, 2.24) is 4.90 Å². The predicted molar refractivity (Wildman–Crippen MR) is 82.1 cm³/mol. The standard InChI is InChI=1S/C17H25NO3/c1-2-21-17(19)13-16(12-15-6-4-3-5-7-15)14-18-8-10-20-11-9-18/h3-7,16H,2,8-14H2,1H3. The van der Waals surface area contributed by atoms with Crippen molar-refractivity contribution in [3.63, 3.8) is 0 Å². The minimum Gasteiger partial charge on any atom is -0.466 e. The summed E-state index contributed by atoms with van der Waals surface area (Å²) in [5.74, 6) is 0.205. The zero-order valence-electron chi connectivity index (χ0n) is 12.8. The molecule has 0 spiro atoms. The quantitative estimate of drug-likeness (QED) is 0.721. The van der Waals surface area contributed by atoms with E-state index in [1.54, 1.807) is 0 Å². The summed E-state index contributed by atoms with van der Waals surface area (Å²) in [6, 6.07) is 10.4. The first kappa shape index (κ1) is 16.0. The van der Waals surface area contributed by atoms with Crippen LogP contribution in [0.4, 0.5) is 0 Å². The number of nitrogens with zero attached hydrogens (tertiary/aromatic N) is 1. The second-order valence-electron chi connectivity index (χ2n) is 5.48. The fraction of sp³-hybridized carbons (Fsp3) is 0.588. The molecule has 116 valence electrons. The van der Waals surface area contributed by atoms with Crippen molar-refractivity contribution in [3.05, 3.63) is 35.9 Å². The molecule has 0 radical (unpaired) electrons. The zero-order valence-corrected chi connectivity index (χ0v) is 12.8. The number of hydrogen-bond acceptors (Lipinski definition) is 4. The summed E-state index contributed by atoms with van der Waals surface area (Å²) in [6.45, 7) is 6.72. The smallest absolute Gasteiger partial charge is 0.306 e. The van der Waals surface area contributed by atoms with Crippen LogP contribution in [-0.4, -0.2) is 50.3 Å². The van der Waals surface area contributed by atoms with Crippen LogP contribution in [-0.2, 0) is 20.7 Å². The Morgan fingerprint density at radius 1 is 1.29 bits per heavy atom. The lowest BCUT2D eigenvalue weighted by Crippen LogP contribution is -2.40. The number of carbonyl (C=O) groups is 1. The Hall–Kier alpha value is -1.39. The summed E-state index contributed by atoms with van der Waals surface area (Å²) in [4.78, 5) is 14.2. The van der Waals surface area contributed by atoms with E-state index in [2.05, 4.69) is 17.0 Å². The number of ether oxygens (including phenoxy) is 2. The monoisotopic (exact) mass is 291 g/mol. The highest BCUT2D eigenvalue weighted by Gasteiger charge is 2.20. The second kappa shape index (κ2) is 8.80. The van der Waals surface area contributed by atoms with E-state index >= 15 is 0 Å². The molecule has 0 N–H and O–H groups in total. The van der Waals surface area contributed by atoms with Crippen LogP contribution < -0.4 is 0 Å². The first-order valence-electron chi connectivity index (χ1n) is 7.77. The lowest BCUT2D eigenvalue weighted by Gasteiger charge is -2.30. The molecule has 21 heavy (non-hydrogen) atoms. The van der Waals surface area contributed by atoms with Crippen LogP contribution in [0.3, 0.4) is 0 Å². The largest absolute Gasteiger partial charge is 0.466 e. The number of benzene rings is 1. The molecule has 0 saturated carbocycles. The summed E-state index contributed by atoms with van der Waals surface area (Å²) < 4.78 is 10.5. The van der Waals surface area contributed by atoms with E-state index in [0.29, 0.717) is 18.9 Å². The van der Waals surface area contributed by atoms with Gasteiger partial charge in [-0.25, -0.2) is 0 Å². The molecule has 1 aromatic carbocycles. The van der Waals surface area contributed by atoms with E-state index in [0.717, 1.165) is 39.3 Å². The summed E-state index contributed by atoms with van der Waals surface area (Å²) in [6.07, 6.45) is 1.40. The van der Waals surface area contributed by atoms with Crippen molar-refractivity contribution in [2.24, 2.45) is 5.92 Å². The first-order valence-corrected chi connectivity index (χ1v) is 7.77. The van der Waals surface area contributed by atoms with Crippen molar-refractivity contribution >= 4 is 5.97 Å². The van der Waals surface area contributed by atoms with E-state index in [-0.39, 0.29) is 5.97 Å². The van der Waals surface area contributed by atoms with Gasteiger partial charge < -0.3 is 9.47 Å². The molecule has 0 aromatic heterocycles. The van der Waals surface area contributed by atoms with Crippen LogP contribution in [0.2, 0.25) is 0 Å². The Labute approximate surface area is 127 Å².